The Morgan fingerprint density at radius 1 is 1.76 bits per heavy atom. The molecule has 0 aliphatic carbocycles. The van der Waals surface area contributed by atoms with Crippen molar-refractivity contribution >= 4 is 47.8 Å². The summed E-state index contributed by atoms with van der Waals surface area (Å²) in [5.41, 5.74) is 5.65. The van der Waals surface area contributed by atoms with E-state index >= 15 is 0 Å². The van der Waals surface area contributed by atoms with Gasteiger partial charge in [-0.05, 0) is 5.75 Å². The lowest BCUT2D eigenvalue weighted by Crippen LogP contribution is -2.73. The topological polar surface area (TPSA) is 83.6 Å². The fourth-order valence-corrected chi connectivity index (χ4v) is 4.79. The Labute approximate surface area is 114 Å². The highest BCUT2D eigenvalue weighted by molar-refractivity contribution is 8.05. The molecule has 0 aromatic carbocycles. The van der Waals surface area contributed by atoms with Crippen LogP contribution in [0, 0.1) is 0 Å². The number of carbonyl (C=O) groups is 2. The summed E-state index contributed by atoms with van der Waals surface area (Å²) in [6.07, 6.45) is 0. The van der Waals surface area contributed by atoms with Gasteiger partial charge in [0, 0.05) is 12.3 Å². The predicted octanol–water partition coefficient (Wildman–Crippen LogP) is 0.227. The Morgan fingerprint density at radius 3 is 2.94 bits per heavy atom. The van der Waals surface area contributed by atoms with Gasteiger partial charge in [-0.3, -0.25) is 9.59 Å². The van der Waals surface area contributed by atoms with Crippen molar-refractivity contribution in [2.24, 2.45) is 5.73 Å². The molecule has 0 spiro atoms. The van der Waals surface area contributed by atoms with E-state index in [1.54, 1.807) is 4.90 Å². The number of hydrogen-bond acceptors (Lipinski definition) is 5. The largest absolute Gasteiger partial charge is 0.480 e. The van der Waals surface area contributed by atoms with Crippen LogP contribution in [0.1, 0.15) is 6.92 Å². The van der Waals surface area contributed by atoms with Gasteiger partial charge in [-0.1, -0.05) is 6.92 Å². The third-order valence-electron chi connectivity index (χ3n) is 2.91. The molecule has 2 aliphatic heterocycles. The van der Waals surface area contributed by atoms with E-state index in [9.17, 15) is 14.7 Å². The molecule has 2 saturated heterocycles. The van der Waals surface area contributed by atoms with Crippen molar-refractivity contribution in [1.82, 2.24) is 4.90 Å². The number of carboxylic acids is 1. The molecule has 5 nitrogen and oxygen atoms in total. The molecule has 1 amide bonds. The quantitative estimate of drug-likeness (QED) is 0.726. The zero-order valence-electron chi connectivity index (χ0n) is 9.29. The summed E-state index contributed by atoms with van der Waals surface area (Å²) in [5, 5.41) is 9.28. The number of rotatable bonds is 3. The average molecular weight is 299 g/mol. The lowest BCUT2D eigenvalue weighted by Gasteiger charge is -2.52. The second kappa shape index (κ2) is 5.26. The molecule has 0 bridgehead atoms. The van der Waals surface area contributed by atoms with Crippen LogP contribution >= 0.6 is 35.9 Å². The molecule has 8 heteroatoms. The molecule has 2 aliphatic rings. The summed E-state index contributed by atoms with van der Waals surface area (Å²) in [6, 6.07) is -0.441. The van der Waals surface area contributed by atoms with E-state index in [1.165, 1.54) is 23.5 Å². The van der Waals surface area contributed by atoms with E-state index in [-0.39, 0.29) is 30.2 Å². The number of carboxylic acid groups (broad SMARTS) is 1. The van der Waals surface area contributed by atoms with E-state index in [2.05, 4.69) is 0 Å². The molecule has 98 valence electrons. The van der Waals surface area contributed by atoms with Gasteiger partial charge < -0.3 is 15.7 Å². The molecule has 0 radical (unpaired) electrons. The van der Waals surface area contributed by atoms with Crippen molar-refractivity contribution in [2.45, 2.75) is 23.1 Å². The van der Waals surface area contributed by atoms with Gasteiger partial charge in [-0.15, -0.1) is 35.9 Å². The molecule has 0 saturated carbocycles. The van der Waals surface area contributed by atoms with Crippen molar-refractivity contribution in [3.8, 4) is 0 Å². The smallest absolute Gasteiger partial charge is 0.322 e. The standard InChI is InChI=1S/C9H14N2O3S2.ClH/c1-2-16-9(8(13)14)3-11-6(12)5(10)7(11)15-4-9;/h5,7H,2-4,10H2,1H3,(H,13,14);1H/t5?,7-,9?;/m1./s1. The minimum Gasteiger partial charge on any atom is -0.480 e. The molecular formula is C9H15ClN2O3S2. The number of carbonyl (C=O) groups excluding carboxylic acids is 1. The van der Waals surface area contributed by atoms with Gasteiger partial charge in [-0.25, -0.2) is 0 Å². The molecule has 2 unspecified atom stereocenters. The summed E-state index contributed by atoms with van der Waals surface area (Å²) < 4.78 is -0.855. The van der Waals surface area contributed by atoms with Crippen LogP contribution < -0.4 is 5.73 Å². The van der Waals surface area contributed by atoms with E-state index < -0.39 is 16.8 Å². The van der Waals surface area contributed by atoms with Gasteiger partial charge >= 0.3 is 5.97 Å². The second-order valence-electron chi connectivity index (χ2n) is 3.93. The number of amides is 1. The van der Waals surface area contributed by atoms with Crippen LogP contribution in [0.15, 0.2) is 0 Å². The van der Waals surface area contributed by atoms with Crippen LogP contribution in [0.2, 0.25) is 0 Å². The number of thioether (sulfide) groups is 2. The first-order chi connectivity index (χ1) is 7.52. The third kappa shape index (κ3) is 2.25. The van der Waals surface area contributed by atoms with Crippen molar-refractivity contribution in [1.29, 1.82) is 0 Å². The van der Waals surface area contributed by atoms with E-state index in [1.807, 2.05) is 6.92 Å². The van der Waals surface area contributed by atoms with Crippen molar-refractivity contribution in [3.05, 3.63) is 0 Å². The van der Waals surface area contributed by atoms with Crippen LogP contribution in [0.5, 0.6) is 0 Å². The van der Waals surface area contributed by atoms with Crippen LogP contribution in [0.3, 0.4) is 0 Å². The molecule has 0 aromatic heterocycles. The Morgan fingerprint density at radius 2 is 2.41 bits per heavy atom. The molecule has 2 rings (SSSR count). The SMILES string of the molecule is CCSC1(C(=O)O)CS[C@@H]2C(N)C(=O)N2C1.Cl. The van der Waals surface area contributed by atoms with Crippen LogP contribution in [0.4, 0.5) is 0 Å². The monoisotopic (exact) mass is 298 g/mol. The van der Waals surface area contributed by atoms with Crippen LogP contribution in [-0.2, 0) is 9.59 Å². The van der Waals surface area contributed by atoms with Crippen molar-refractivity contribution in [2.75, 3.05) is 18.1 Å². The molecule has 3 N–H and O–H groups in total. The first-order valence-corrected chi connectivity index (χ1v) is 7.10. The van der Waals surface area contributed by atoms with E-state index in [4.69, 9.17) is 5.73 Å². The molecule has 0 aromatic rings. The second-order valence-corrected chi connectivity index (χ2v) is 6.68. The minimum atomic E-state index is -0.855. The van der Waals surface area contributed by atoms with Crippen molar-refractivity contribution in [3.63, 3.8) is 0 Å². The lowest BCUT2D eigenvalue weighted by molar-refractivity contribution is -0.148. The fourth-order valence-electron chi connectivity index (χ4n) is 2.01. The Hall–Kier alpha value is -0.110. The summed E-state index contributed by atoms with van der Waals surface area (Å²) in [5.74, 6) is 0.285. The number of fused-ring (bicyclic) bond motifs is 1. The first kappa shape index (κ1) is 14.9. The average Bonchev–Trinajstić information content (AvgIpc) is 2.28. The summed E-state index contributed by atoms with van der Waals surface area (Å²) >= 11 is 2.87. The van der Waals surface area contributed by atoms with Gasteiger partial charge in [0.15, 0.2) is 0 Å². The van der Waals surface area contributed by atoms with E-state index in [0.29, 0.717) is 5.75 Å². The third-order valence-corrected chi connectivity index (χ3v) is 5.93. The summed E-state index contributed by atoms with van der Waals surface area (Å²) in [7, 11) is 0. The molecule has 2 heterocycles. The zero-order chi connectivity index (χ0) is 11.9. The molecule has 17 heavy (non-hydrogen) atoms. The van der Waals surface area contributed by atoms with E-state index in [0.717, 1.165) is 5.75 Å². The molecular weight excluding hydrogens is 284 g/mol. The number of nitrogens with two attached hydrogens (primary N) is 1. The maximum atomic E-state index is 11.5. The van der Waals surface area contributed by atoms with Gasteiger partial charge in [0.25, 0.3) is 0 Å². The van der Waals surface area contributed by atoms with Gasteiger partial charge in [0.1, 0.15) is 16.2 Å². The Kier molecular flexibility index (Phi) is 4.62. The van der Waals surface area contributed by atoms with Crippen LogP contribution in [-0.4, -0.2) is 56.1 Å². The minimum absolute atomic E-state index is 0. The Bertz CT molecular complexity index is 344. The predicted molar refractivity (Wildman–Crippen MR) is 71.7 cm³/mol. The zero-order valence-corrected chi connectivity index (χ0v) is 11.7. The Balaban J connectivity index is 0.00000144. The summed E-state index contributed by atoms with van der Waals surface area (Å²) in [4.78, 5) is 24.4. The highest BCUT2D eigenvalue weighted by Gasteiger charge is 2.55. The first-order valence-electron chi connectivity index (χ1n) is 5.07. The number of hydrogen-bond donors (Lipinski definition) is 2. The van der Waals surface area contributed by atoms with Gasteiger partial charge in [0.2, 0.25) is 5.91 Å². The highest BCUT2D eigenvalue weighted by atomic mass is 35.5. The number of aliphatic carboxylic acids is 1. The van der Waals surface area contributed by atoms with Crippen molar-refractivity contribution < 1.29 is 14.7 Å². The summed E-state index contributed by atoms with van der Waals surface area (Å²) in [6.45, 7) is 2.21. The maximum Gasteiger partial charge on any atom is 0.322 e. The molecule has 3 atom stereocenters. The fraction of sp³-hybridized carbons (Fsp3) is 0.778. The maximum absolute atomic E-state index is 11.5. The van der Waals surface area contributed by atoms with Crippen LogP contribution in [0.25, 0.3) is 0 Å². The molecule has 2 fully saturated rings. The number of halogens is 1. The number of β-lactam (4-membered cyclic amide) rings is 1. The van der Waals surface area contributed by atoms with Gasteiger partial charge in [-0.2, -0.15) is 0 Å². The normalized spacial score (nSPS) is 35.6. The highest BCUT2D eigenvalue weighted by Crippen LogP contribution is 2.43. The van der Waals surface area contributed by atoms with Gasteiger partial charge in [0.05, 0.1) is 0 Å². The lowest BCUT2D eigenvalue weighted by atomic mass is 10.0. The number of nitrogens with zero attached hydrogens (tertiary/aromatic N) is 1.